The first kappa shape index (κ1) is 14.9. The van der Waals surface area contributed by atoms with Crippen molar-refractivity contribution in [1.29, 1.82) is 0 Å². The van der Waals surface area contributed by atoms with Crippen molar-refractivity contribution in [2.24, 2.45) is 0 Å². The lowest BCUT2D eigenvalue weighted by atomic mass is 10.2. The molecule has 4 heteroatoms. The number of para-hydroxylation sites is 1. The zero-order valence-corrected chi connectivity index (χ0v) is 11.6. The van der Waals surface area contributed by atoms with Crippen LogP contribution >= 0.6 is 0 Å². The normalized spacial score (nSPS) is 9.67. The molecule has 0 spiro atoms. The minimum Gasteiger partial charge on any atom is -0.497 e. The summed E-state index contributed by atoms with van der Waals surface area (Å²) in [6.07, 6.45) is 0. The van der Waals surface area contributed by atoms with Gasteiger partial charge in [0.25, 0.3) is 0 Å². The predicted molar refractivity (Wildman–Crippen MR) is 77.7 cm³/mol. The van der Waals surface area contributed by atoms with Crippen LogP contribution in [0.15, 0.2) is 42.5 Å². The van der Waals surface area contributed by atoms with Crippen LogP contribution < -0.4 is 9.47 Å². The zero-order chi connectivity index (χ0) is 15.1. The van der Waals surface area contributed by atoms with E-state index in [9.17, 15) is 4.39 Å². The molecule has 0 aliphatic carbocycles. The lowest BCUT2D eigenvalue weighted by Gasteiger charge is -2.09. The molecular weight excluding hydrogens is 271 g/mol. The highest BCUT2D eigenvalue weighted by Crippen LogP contribution is 2.21. The third-order valence-corrected chi connectivity index (χ3v) is 2.83. The van der Waals surface area contributed by atoms with E-state index < -0.39 is 0 Å². The fraction of sp³-hybridized carbons (Fsp3) is 0.176. The molecule has 0 aliphatic rings. The minimum atomic E-state index is -0.381. The maximum Gasteiger partial charge on any atom is 0.135 e. The van der Waals surface area contributed by atoms with Gasteiger partial charge < -0.3 is 14.6 Å². The molecular formula is C17H15FO3. The van der Waals surface area contributed by atoms with E-state index in [-0.39, 0.29) is 19.0 Å². The Hall–Kier alpha value is -2.51. The van der Waals surface area contributed by atoms with Crippen LogP contribution in [0.5, 0.6) is 11.5 Å². The Balaban J connectivity index is 2.13. The number of aliphatic hydroxyl groups excluding tert-OH is 1. The smallest absolute Gasteiger partial charge is 0.135 e. The van der Waals surface area contributed by atoms with Crippen LogP contribution in [-0.2, 0) is 6.61 Å². The molecule has 0 bridgehead atoms. The first-order valence-corrected chi connectivity index (χ1v) is 6.38. The number of aliphatic hydroxyl groups is 1. The molecule has 0 atom stereocenters. The summed E-state index contributed by atoms with van der Waals surface area (Å²) in [7, 11) is 1.49. The number of hydrogen-bond donors (Lipinski definition) is 1. The van der Waals surface area contributed by atoms with Crippen LogP contribution in [0.2, 0.25) is 0 Å². The molecule has 2 rings (SSSR count). The van der Waals surface area contributed by atoms with E-state index in [1.54, 1.807) is 24.3 Å². The van der Waals surface area contributed by atoms with E-state index in [0.29, 0.717) is 22.6 Å². The van der Waals surface area contributed by atoms with Crippen LogP contribution in [0.1, 0.15) is 11.1 Å². The van der Waals surface area contributed by atoms with Crippen molar-refractivity contribution < 1.29 is 19.0 Å². The first-order valence-electron chi connectivity index (χ1n) is 6.38. The molecule has 0 unspecified atom stereocenters. The van der Waals surface area contributed by atoms with Crippen molar-refractivity contribution >= 4 is 0 Å². The highest BCUT2D eigenvalue weighted by Gasteiger charge is 2.06. The van der Waals surface area contributed by atoms with Crippen molar-refractivity contribution in [2.45, 2.75) is 6.61 Å². The SMILES string of the molecule is COc1ccc(COc2ccccc2C#CCO)c(F)c1. The second-order valence-corrected chi connectivity index (χ2v) is 4.20. The molecule has 0 aromatic heterocycles. The van der Waals surface area contributed by atoms with Gasteiger partial charge in [0, 0.05) is 11.6 Å². The number of hydrogen-bond acceptors (Lipinski definition) is 3. The Labute approximate surface area is 122 Å². The minimum absolute atomic E-state index is 0.0909. The molecule has 2 aromatic rings. The van der Waals surface area contributed by atoms with E-state index in [2.05, 4.69) is 11.8 Å². The molecule has 0 aliphatic heterocycles. The van der Waals surface area contributed by atoms with Crippen LogP contribution in [0, 0.1) is 17.7 Å². The maximum absolute atomic E-state index is 13.8. The molecule has 1 N–H and O–H groups in total. The van der Waals surface area contributed by atoms with Gasteiger partial charge in [-0.05, 0) is 24.3 Å². The Morgan fingerprint density at radius 1 is 1.19 bits per heavy atom. The summed E-state index contributed by atoms with van der Waals surface area (Å²) in [6, 6.07) is 11.8. The monoisotopic (exact) mass is 286 g/mol. The summed E-state index contributed by atoms with van der Waals surface area (Å²) in [4.78, 5) is 0. The highest BCUT2D eigenvalue weighted by atomic mass is 19.1. The summed E-state index contributed by atoms with van der Waals surface area (Å²) in [6.45, 7) is -0.130. The van der Waals surface area contributed by atoms with E-state index in [0.717, 1.165) is 0 Å². The maximum atomic E-state index is 13.8. The predicted octanol–water partition coefficient (Wildman–Crippen LogP) is 2.76. The Morgan fingerprint density at radius 3 is 2.71 bits per heavy atom. The van der Waals surface area contributed by atoms with E-state index in [1.807, 2.05) is 12.1 Å². The Kier molecular flexibility index (Phi) is 5.19. The molecule has 3 nitrogen and oxygen atoms in total. The molecule has 0 saturated heterocycles. The van der Waals surface area contributed by atoms with Gasteiger partial charge in [0.15, 0.2) is 0 Å². The van der Waals surface area contributed by atoms with Crippen LogP contribution in [-0.4, -0.2) is 18.8 Å². The third kappa shape index (κ3) is 3.98. The van der Waals surface area contributed by atoms with Gasteiger partial charge in [-0.1, -0.05) is 24.0 Å². The van der Waals surface area contributed by atoms with Gasteiger partial charge in [0.05, 0.1) is 12.7 Å². The summed E-state index contributed by atoms with van der Waals surface area (Å²) in [5.74, 6) is 5.99. The number of halogens is 1. The van der Waals surface area contributed by atoms with E-state index in [4.69, 9.17) is 14.6 Å². The quantitative estimate of drug-likeness (QED) is 0.878. The molecule has 21 heavy (non-hydrogen) atoms. The molecule has 2 aromatic carbocycles. The number of ether oxygens (including phenoxy) is 2. The summed E-state index contributed by atoms with van der Waals surface area (Å²) >= 11 is 0. The van der Waals surface area contributed by atoms with Crippen molar-refractivity contribution in [3.05, 3.63) is 59.4 Å². The molecule has 0 saturated carbocycles. The largest absolute Gasteiger partial charge is 0.497 e. The van der Waals surface area contributed by atoms with Crippen molar-refractivity contribution in [2.75, 3.05) is 13.7 Å². The summed E-state index contributed by atoms with van der Waals surface area (Å²) in [5.41, 5.74) is 1.08. The van der Waals surface area contributed by atoms with E-state index in [1.165, 1.54) is 13.2 Å². The number of rotatable bonds is 4. The average Bonchev–Trinajstić information content (AvgIpc) is 2.52. The van der Waals surface area contributed by atoms with Crippen LogP contribution in [0.4, 0.5) is 4.39 Å². The van der Waals surface area contributed by atoms with E-state index >= 15 is 0 Å². The third-order valence-electron chi connectivity index (χ3n) is 2.83. The van der Waals surface area contributed by atoms with Gasteiger partial charge in [-0.3, -0.25) is 0 Å². The van der Waals surface area contributed by atoms with Gasteiger partial charge >= 0.3 is 0 Å². The Morgan fingerprint density at radius 2 is 2.00 bits per heavy atom. The molecule has 0 heterocycles. The second kappa shape index (κ2) is 7.32. The first-order chi connectivity index (χ1) is 10.2. The van der Waals surface area contributed by atoms with Gasteiger partial charge in [-0.2, -0.15) is 0 Å². The van der Waals surface area contributed by atoms with Crippen LogP contribution in [0.25, 0.3) is 0 Å². The van der Waals surface area contributed by atoms with Crippen molar-refractivity contribution in [1.82, 2.24) is 0 Å². The van der Waals surface area contributed by atoms with Gasteiger partial charge in [-0.15, -0.1) is 0 Å². The van der Waals surface area contributed by atoms with Gasteiger partial charge in [0.1, 0.15) is 30.5 Å². The summed E-state index contributed by atoms with van der Waals surface area (Å²) < 4.78 is 24.4. The topological polar surface area (TPSA) is 38.7 Å². The highest BCUT2D eigenvalue weighted by molar-refractivity contribution is 5.46. The molecule has 0 fully saturated rings. The fourth-order valence-corrected chi connectivity index (χ4v) is 1.76. The zero-order valence-electron chi connectivity index (χ0n) is 11.6. The van der Waals surface area contributed by atoms with Crippen LogP contribution in [0.3, 0.4) is 0 Å². The average molecular weight is 286 g/mol. The Bertz CT molecular complexity index is 671. The van der Waals surface area contributed by atoms with Gasteiger partial charge in [0.2, 0.25) is 0 Å². The summed E-state index contributed by atoms with van der Waals surface area (Å²) in [5, 5.41) is 8.74. The molecule has 0 amide bonds. The van der Waals surface area contributed by atoms with Crippen molar-refractivity contribution in [3.63, 3.8) is 0 Å². The lowest BCUT2D eigenvalue weighted by molar-refractivity contribution is 0.298. The standard InChI is InChI=1S/C17H15FO3/c1-20-15-9-8-14(16(18)11-15)12-21-17-7-3-2-5-13(17)6-4-10-19/h2-3,5,7-9,11,19H,10,12H2,1H3. The molecule has 108 valence electrons. The van der Waals surface area contributed by atoms with Crippen molar-refractivity contribution in [3.8, 4) is 23.3 Å². The van der Waals surface area contributed by atoms with Gasteiger partial charge in [-0.25, -0.2) is 4.39 Å². The number of benzene rings is 2. The molecule has 0 radical (unpaired) electrons. The number of methoxy groups -OCH3 is 1. The fourth-order valence-electron chi connectivity index (χ4n) is 1.76. The lowest BCUT2D eigenvalue weighted by Crippen LogP contribution is -2.00. The second-order valence-electron chi connectivity index (χ2n) is 4.20.